The Morgan fingerprint density at radius 2 is 1.12 bits per heavy atom. The molecule has 0 aromatic heterocycles. The molecule has 0 aliphatic carbocycles. The van der Waals surface area contributed by atoms with Gasteiger partial charge in [-0.3, -0.25) is 34.0 Å². The van der Waals surface area contributed by atoms with E-state index >= 15 is 0 Å². The molecule has 17 nitrogen and oxygen atoms in total. The maximum atomic E-state index is 14.2. The number of methoxy groups -OCH3 is 3. The third kappa shape index (κ3) is 12.1. The van der Waals surface area contributed by atoms with Crippen molar-refractivity contribution < 1.29 is 47.7 Å². The number of ether oxygens (including phenoxy) is 5. The van der Waals surface area contributed by atoms with Crippen LogP contribution in [0.15, 0.2) is 95.2 Å². The molecule has 4 atom stereocenters. The van der Waals surface area contributed by atoms with Crippen molar-refractivity contribution in [3.05, 3.63) is 107 Å². The van der Waals surface area contributed by atoms with Crippen LogP contribution in [-0.2, 0) is 14.4 Å². The molecule has 0 saturated heterocycles. The first-order valence-electron chi connectivity index (χ1n) is 25.7. The number of fused-ring (bicyclic) bond motifs is 4. The number of carbonyl (C=O) groups is 5. The van der Waals surface area contributed by atoms with E-state index < -0.39 is 23.9 Å². The molecule has 0 fully saturated rings. The standard InChI is InChI=1S/C59H69N7O10/c1-12-52(67)64-53(34(2)3)55(69)62-35(4)54(68)63-40-17-13-36(14-18-40)38-21-41-27-60-46-25-50(48(73-10)23-44(46)56(70)65(41)29-38)75-32-58(5,6)31-59(7,8)33-76-51-26-47-45(24-49(51)74-11)57(71)66-30-39(22-42(66)28-61-47)37-15-19-43(72-9)20-16-37/h13-20,23-30,34-35,41-42,53H,12,21-22,31-33H2,1-11H3,(H,62,69)(H,63,68)(H,64,67)/t35?,41?,42-,53?/m0/s1. The highest BCUT2D eigenvalue weighted by molar-refractivity contribution is 6.07. The van der Waals surface area contributed by atoms with E-state index in [-0.39, 0.29) is 53.0 Å². The van der Waals surface area contributed by atoms with Crippen LogP contribution < -0.4 is 39.6 Å². The maximum Gasteiger partial charge on any atom is 0.260 e. The van der Waals surface area contributed by atoms with E-state index in [1.54, 1.807) is 87.6 Å². The van der Waals surface area contributed by atoms with E-state index in [0.29, 0.717) is 83.7 Å². The second-order valence-electron chi connectivity index (χ2n) is 21.6. The van der Waals surface area contributed by atoms with Crippen molar-refractivity contribution in [2.24, 2.45) is 26.7 Å². The number of hydrogen-bond acceptors (Lipinski definition) is 12. The lowest BCUT2D eigenvalue weighted by atomic mass is 9.76. The monoisotopic (exact) mass is 1040 g/mol. The summed E-state index contributed by atoms with van der Waals surface area (Å²) in [5.41, 5.74) is 5.51. The minimum atomic E-state index is -0.856. The first-order chi connectivity index (χ1) is 36.2. The number of benzene rings is 4. The van der Waals surface area contributed by atoms with Crippen molar-refractivity contribution in [2.75, 3.05) is 39.9 Å². The molecule has 4 aliphatic rings. The van der Waals surface area contributed by atoms with Crippen LogP contribution in [0.25, 0.3) is 11.1 Å². The summed E-state index contributed by atoms with van der Waals surface area (Å²) in [6.07, 6.45) is 9.45. The molecule has 5 amide bonds. The Bertz CT molecular complexity index is 3010. The average molecular weight is 1040 g/mol. The zero-order valence-electron chi connectivity index (χ0n) is 45.2. The molecule has 4 aromatic carbocycles. The lowest BCUT2D eigenvalue weighted by Crippen LogP contribution is -2.53. The van der Waals surface area contributed by atoms with Gasteiger partial charge in [-0.25, -0.2) is 0 Å². The number of anilines is 1. The van der Waals surface area contributed by atoms with Gasteiger partial charge in [-0.1, -0.05) is 72.7 Å². The molecule has 0 saturated carbocycles. The van der Waals surface area contributed by atoms with Crippen LogP contribution in [0.5, 0.6) is 28.7 Å². The Hall–Kier alpha value is -7.95. The summed E-state index contributed by atoms with van der Waals surface area (Å²) in [4.78, 5) is 79.1. The summed E-state index contributed by atoms with van der Waals surface area (Å²) in [5, 5.41) is 8.27. The van der Waals surface area contributed by atoms with Gasteiger partial charge < -0.3 is 49.4 Å². The first kappa shape index (κ1) is 54.3. The number of rotatable bonds is 20. The van der Waals surface area contributed by atoms with Crippen LogP contribution in [0.2, 0.25) is 0 Å². The summed E-state index contributed by atoms with van der Waals surface area (Å²) in [5.74, 6) is 0.935. The Morgan fingerprint density at radius 1 is 0.645 bits per heavy atom. The summed E-state index contributed by atoms with van der Waals surface area (Å²) < 4.78 is 29.8. The fraction of sp³-hybridized carbons (Fsp3) is 0.407. The average Bonchev–Trinajstić information content (AvgIpc) is 3.99. The van der Waals surface area contributed by atoms with Crippen LogP contribution in [-0.4, -0.2) is 110 Å². The molecule has 0 radical (unpaired) electrons. The van der Waals surface area contributed by atoms with Crippen LogP contribution in [0.4, 0.5) is 17.1 Å². The second-order valence-corrected chi connectivity index (χ2v) is 21.6. The van der Waals surface area contributed by atoms with Gasteiger partial charge in [0.05, 0.1) is 69.1 Å². The largest absolute Gasteiger partial charge is 0.497 e. The van der Waals surface area contributed by atoms with Crippen molar-refractivity contribution in [3.8, 4) is 28.7 Å². The third-order valence-electron chi connectivity index (χ3n) is 13.9. The smallest absolute Gasteiger partial charge is 0.260 e. The third-order valence-corrected chi connectivity index (χ3v) is 13.9. The Labute approximate surface area is 444 Å². The minimum absolute atomic E-state index is 0.162. The van der Waals surface area contributed by atoms with Gasteiger partial charge in [0.25, 0.3) is 11.8 Å². The molecule has 3 unspecified atom stereocenters. The van der Waals surface area contributed by atoms with Gasteiger partial charge in [-0.2, -0.15) is 0 Å². The lowest BCUT2D eigenvalue weighted by Gasteiger charge is -2.35. The number of carbonyl (C=O) groups excluding carboxylic acids is 5. The molecule has 4 aromatic rings. The summed E-state index contributed by atoms with van der Waals surface area (Å²) in [6.45, 7) is 16.1. The minimum Gasteiger partial charge on any atom is -0.497 e. The molecule has 3 N–H and O–H groups in total. The summed E-state index contributed by atoms with van der Waals surface area (Å²) >= 11 is 0. The van der Waals surface area contributed by atoms with E-state index in [2.05, 4.69) is 43.6 Å². The highest BCUT2D eigenvalue weighted by Crippen LogP contribution is 2.44. The zero-order valence-corrected chi connectivity index (χ0v) is 45.2. The van der Waals surface area contributed by atoms with Gasteiger partial charge in [0, 0.05) is 61.9 Å². The van der Waals surface area contributed by atoms with Crippen molar-refractivity contribution in [1.29, 1.82) is 0 Å². The molecule has 4 aliphatic heterocycles. The van der Waals surface area contributed by atoms with E-state index in [4.69, 9.17) is 33.7 Å². The lowest BCUT2D eigenvalue weighted by molar-refractivity contribution is -0.131. The van der Waals surface area contributed by atoms with Gasteiger partial charge in [0.15, 0.2) is 23.0 Å². The highest BCUT2D eigenvalue weighted by Gasteiger charge is 2.37. The molecule has 4 heterocycles. The molecule has 0 bridgehead atoms. The van der Waals surface area contributed by atoms with Gasteiger partial charge in [-0.15, -0.1) is 0 Å². The predicted octanol–water partition coefficient (Wildman–Crippen LogP) is 9.55. The number of aliphatic imine (C=N–C) groups is 2. The highest BCUT2D eigenvalue weighted by atomic mass is 16.5. The Morgan fingerprint density at radius 3 is 1.55 bits per heavy atom. The topological polar surface area (TPSA) is 199 Å². The van der Waals surface area contributed by atoms with Gasteiger partial charge in [0.2, 0.25) is 17.7 Å². The Kier molecular flexibility index (Phi) is 16.1. The maximum absolute atomic E-state index is 14.2. The molecule has 17 heteroatoms. The van der Waals surface area contributed by atoms with Crippen molar-refractivity contribution in [2.45, 2.75) is 105 Å². The van der Waals surface area contributed by atoms with Crippen molar-refractivity contribution in [3.63, 3.8) is 0 Å². The van der Waals surface area contributed by atoms with E-state index in [0.717, 1.165) is 28.0 Å². The normalized spacial score (nSPS) is 17.5. The fourth-order valence-corrected chi connectivity index (χ4v) is 10.1. The predicted molar refractivity (Wildman–Crippen MR) is 293 cm³/mol. The first-order valence-corrected chi connectivity index (χ1v) is 25.7. The van der Waals surface area contributed by atoms with Crippen molar-refractivity contribution in [1.82, 2.24) is 20.4 Å². The number of amides is 5. The van der Waals surface area contributed by atoms with Crippen molar-refractivity contribution >= 4 is 70.2 Å². The van der Waals surface area contributed by atoms with Crippen LogP contribution >= 0.6 is 0 Å². The van der Waals surface area contributed by atoms with E-state index in [1.807, 2.05) is 68.9 Å². The quantitative estimate of drug-likeness (QED) is 0.0766. The van der Waals surface area contributed by atoms with Gasteiger partial charge in [0.1, 0.15) is 17.8 Å². The number of hydrogen-bond donors (Lipinski definition) is 3. The van der Waals surface area contributed by atoms with E-state index in [9.17, 15) is 24.0 Å². The molecule has 8 rings (SSSR count). The SMILES string of the molecule is CCC(=O)NC(C(=O)NC(C)C(=O)Nc1ccc(C2=CN3C(=O)c4cc(OC)c(OCC(C)(C)CC(C)(C)COc5cc6c(cc5OC)C(=O)N5C=C(c7ccc(OC)cc7)C[C@H]5C=N6)cc4N=CC3C2)cc1)C(C)C. The van der Waals surface area contributed by atoms with Crippen LogP contribution in [0.1, 0.15) is 113 Å². The van der Waals surface area contributed by atoms with Crippen LogP contribution in [0, 0.1) is 16.7 Å². The van der Waals surface area contributed by atoms with E-state index in [1.165, 1.54) is 0 Å². The second kappa shape index (κ2) is 22.5. The number of nitrogens with one attached hydrogen (secondary N) is 3. The molecular formula is C59H69N7O10. The molecular weight excluding hydrogens is 967 g/mol. The van der Waals surface area contributed by atoms with Crippen LogP contribution in [0.3, 0.4) is 0 Å². The summed E-state index contributed by atoms with van der Waals surface area (Å²) in [6, 6.07) is 19.8. The number of nitrogens with zero attached hydrogens (tertiary/aromatic N) is 4. The van der Waals surface area contributed by atoms with Gasteiger partial charge in [-0.05, 0) is 88.8 Å². The van der Waals surface area contributed by atoms with Gasteiger partial charge >= 0.3 is 0 Å². The zero-order chi connectivity index (χ0) is 54.6. The molecule has 400 valence electrons. The molecule has 0 spiro atoms. The molecule has 76 heavy (non-hydrogen) atoms. The Balaban J connectivity index is 0.865. The summed E-state index contributed by atoms with van der Waals surface area (Å²) in [7, 11) is 4.73. The fourth-order valence-electron chi connectivity index (χ4n) is 10.1.